The lowest BCUT2D eigenvalue weighted by Gasteiger charge is -2.14. The van der Waals surface area contributed by atoms with Gasteiger partial charge in [0.25, 0.3) is 0 Å². The molecule has 4 heteroatoms. The van der Waals surface area contributed by atoms with Gasteiger partial charge in [0, 0.05) is 25.1 Å². The molecule has 2 heterocycles. The molecule has 94 valence electrons. The molecule has 3 rings (SSSR count). The largest absolute Gasteiger partial charge is 0.399 e. The second-order valence-corrected chi connectivity index (χ2v) is 4.88. The van der Waals surface area contributed by atoms with Crippen LogP contribution in [0, 0.1) is 0 Å². The number of aryl methyl sites for hydroxylation is 3. The highest BCUT2D eigenvalue weighted by molar-refractivity contribution is 5.39. The van der Waals surface area contributed by atoms with E-state index in [1.165, 1.54) is 18.4 Å². The van der Waals surface area contributed by atoms with Crippen molar-refractivity contribution in [3.8, 4) is 0 Å². The van der Waals surface area contributed by atoms with Gasteiger partial charge in [-0.2, -0.15) is 0 Å². The minimum Gasteiger partial charge on any atom is -0.399 e. The second kappa shape index (κ2) is 4.80. The summed E-state index contributed by atoms with van der Waals surface area (Å²) in [5.74, 6) is 2.29. The molecule has 0 saturated carbocycles. The van der Waals surface area contributed by atoms with E-state index in [4.69, 9.17) is 5.73 Å². The molecule has 0 amide bonds. The van der Waals surface area contributed by atoms with Gasteiger partial charge in [0.15, 0.2) is 0 Å². The molecule has 1 aromatic carbocycles. The van der Waals surface area contributed by atoms with E-state index in [0.717, 1.165) is 43.1 Å². The van der Waals surface area contributed by atoms with Crippen LogP contribution in [0.1, 0.15) is 30.1 Å². The number of nitrogens with zero attached hydrogens (tertiary/aromatic N) is 3. The van der Waals surface area contributed by atoms with E-state index in [-0.39, 0.29) is 0 Å². The number of anilines is 1. The van der Waals surface area contributed by atoms with Gasteiger partial charge >= 0.3 is 0 Å². The molecular formula is C14H18N4. The Morgan fingerprint density at radius 2 is 1.89 bits per heavy atom. The fourth-order valence-electron chi connectivity index (χ4n) is 2.49. The van der Waals surface area contributed by atoms with Gasteiger partial charge in [-0.25, -0.2) is 0 Å². The highest BCUT2D eigenvalue weighted by atomic mass is 15.3. The van der Waals surface area contributed by atoms with Crippen molar-refractivity contribution in [2.24, 2.45) is 0 Å². The Balaban J connectivity index is 1.70. The van der Waals surface area contributed by atoms with E-state index in [9.17, 15) is 0 Å². The molecule has 0 atom stereocenters. The smallest absolute Gasteiger partial charge is 0.133 e. The van der Waals surface area contributed by atoms with Crippen LogP contribution in [-0.2, 0) is 25.8 Å². The number of aromatic nitrogens is 3. The lowest BCUT2D eigenvalue weighted by molar-refractivity contribution is 0.507. The minimum absolute atomic E-state index is 0.818. The number of hydrogen-bond acceptors (Lipinski definition) is 3. The zero-order chi connectivity index (χ0) is 12.4. The Morgan fingerprint density at radius 1 is 1.06 bits per heavy atom. The molecule has 1 aliphatic heterocycles. The highest BCUT2D eigenvalue weighted by Crippen LogP contribution is 2.16. The van der Waals surface area contributed by atoms with E-state index in [2.05, 4.69) is 26.9 Å². The molecule has 0 radical (unpaired) electrons. The van der Waals surface area contributed by atoms with Crippen LogP contribution in [0.3, 0.4) is 0 Å². The van der Waals surface area contributed by atoms with Crippen LogP contribution in [0.4, 0.5) is 5.69 Å². The summed E-state index contributed by atoms with van der Waals surface area (Å²) < 4.78 is 2.29. The molecule has 0 unspecified atom stereocenters. The van der Waals surface area contributed by atoms with Crippen LogP contribution in [0.25, 0.3) is 0 Å². The van der Waals surface area contributed by atoms with Crippen LogP contribution < -0.4 is 5.73 Å². The monoisotopic (exact) mass is 242 g/mol. The van der Waals surface area contributed by atoms with E-state index >= 15 is 0 Å². The summed E-state index contributed by atoms with van der Waals surface area (Å²) in [4.78, 5) is 0. The first-order valence-electron chi connectivity index (χ1n) is 6.58. The first-order chi connectivity index (χ1) is 8.83. The van der Waals surface area contributed by atoms with Gasteiger partial charge in [-0.05, 0) is 37.0 Å². The molecule has 0 bridgehead atoms. The van der Waals surface area contributed by atoms with Crippen molar-refractivity contribution in [2.45, 2.75) is 38.6 Å². The number of benzene rings is 1. The lowest BCUT2D eigenvalue weighted by atomic mass is 10.1. The first kappa shape index (κ1) is 11.3. The van der Waals surface area contributed by atoms with Gasteiger partial charge in [0.05, 0.1) is 0 Å². The van der Waals surface area contributed by atoms with Gasteiger partial charge in [-0.15, -0.1) is 10.2 Å². The normalized spacial score (nSPS) is 14.4. The molecular weight excluding hydrogens is 224 g/mol. The van der Waals surface area contributed by atoms with Gasteiger partial charge in [0.1, 0.15) is 11.6 Å². The lowest BCUT2D eigenvalue weighted by Crippen LogP contribution is -2.13. The summed E-state index contributed by atoms with van der Waals surface area (Å²) in [6.45, 7) is 1.08. The third-order valence-electron chi connectivity index (χ3n) is 3.55. The number of fused-ring (bicyclic) bond motifs is 1. The van der Waals surface area contributed by atoms with Gasteiger partial charge in [0.2, 0.25) is 0 Å². The van der Waals surface area contributed by atoms with E-state index in [1.54, 1.807) is 0 Å². The zero-order valence-electron chi connectivity index (χ0n) is 10.5. The highest BCUT2D eigenvalue weighted by Gasteiger charge is 2.15. The van der Waals surface area contributed by atoms with E-state index in [0.29, 0.717) is 0 Å². The van der Waals surface area contributed by atoms with Crippen molar-refractivity contribution in [2.75, 3.05) is 5.73 Å². The molecule has 2 N–H and O–H groups in total. The Bertz CT molecular complexity index is 527. The third-order valence-corrected chi connectivity index (χ3v) is 3.55. The summed E-state index contributed by atoms with van der Waals surface area (Å²) >= 11 is 0. The van der Waals surface area contributed by atoms with Crippen LogP contribution in [0.2, 0.25) is 0 Å². The van der Waals surface area contributed by atoms with Crippen molar-refractivity contribution in [3.05, 3.63) is 41.5 Å². The average Bonchev–Trinajstić information content (AvgIpc) is 2.82. The maximum absolute atomic E-state index is 5.68. The van der Waals surface area contributed by atoms with Crippen molar-refractivity contribution in [1.82, 2.24) is 14.8 Å². The average molecular weight is 242 g/mol. The van der Waals surface area contributed by atoms with E-state index < -0.39 is 0 Å². The number of hydrogen-bond donors (Lipinski definition) is 1. The van der Waals surface area contributed by atoms with Gasteiger partial charge in [-0.3, -0.25) is 0 Å². The number of rotatable bonds is 3. The van der Waals surface area contributed by atoms with E-state index in [1.807, 2.05) is 12.1 Å². The zero-order valence-corrected chi connectivity index (χ0v) is 10.5. The Hall–Kier alpha value is -1.84. The van der Waals surface area contributed by atoms with Gasteiger partial charge < -0.3 is 10.3 Å². The third kappa shape index (κ3) is 2.23. The predicted octanol–water partition coefficient (Wildman–Crippen LogP) is 1.98. The van der Waals surface area contributed by atoms with Crippen LogP contribution in [0.15, 0.2) is 24.3 Å². The first-order valence-corrected chi connectivity index (χ1v) is 6.58. The molecule has 0 saturated heterocycles. The topological polar surface area (TPSA) is 56.7 Å². The molecule has 2 aromatic rings. The predicted molar refractivity (Wildman–Crippen MR) is 71.2 cm³/mol. The van der Waals surface area contributed by atoms with Crippen molar-refractivity contribution < 1.29 is 0 Å². The summed E-state index contributed by atoms with van der Waals surface area (Å²) in [5, 5.41) is 8.59. The fourth-order valence-corrected chi connectivity index (χ4v) is 2.49. The van der Waals surface area contributed by atoms with Crippen molar-refractivity contribution in [3.63, 3.8) is 0 Å². The quantitative estimate of drug-likeness (QED) is 0.837. The summed E-state index contributed by atoms with van der Waals surface area (Å²) in [5.41, 5.74) is 7.80. The molecule has 0 spiro atoms. The van der Waals surface area contributed by atoms with Crippen molar-refractivity contribution >= 4 is 5.69 Å². The van der Waals surface area contributed by atoms with Crippen molar-refractivity contribution in [1.29, 1.82) is 0 Å². The Morgan fingerprint density at radius 3 is 2.72 bits per heavy atom. The minimum atomic E-state index is 0.818. The summed E-state index contributed by atoms with van der Waals surface area (Å²) in [6, 6.07) is 8.08. The molecule has 18 heavy (non-hydrogen) atoms. The van der Waals surface area contributed by atoms with Gasteiger partial charge in [-0.1, -0.05) is 12.1 Å². The Labute approximate surface area is 107 Å². The maximum atomic E-state index is 5.68. The molecule has 0 fully saturated rings. The maximum Gasteiger partial charge on any atom is 0.133 e. The fraction of sp³-hybridized carbons (Fsp3) is 0.429. The Kier molecular flexibility index (Phi) is 3.00. The van der Waals surface area contributed by atoms with Crippen LogP contribution in [-0.4, -0.2) is 14.8 Å². The molecule has 1 aliphatic rings. The standard InChI is InChI=1S/C14H18N4/c15-12-7-4-11(5-8-12)6-9-14-17-16-13-3-1-2-10-18(13)14/h4-5,7-8H,1-3,6,9-10,15H2. The molecule has 0 aliphatic carbocycles. The van der Waals surface area contributed by atoms with Crippen LogP contribution in [0.5, 0.6) is 0 Å². The molecule has 4 nitrogen and oxygen atoms in total. The second-order valence-electron chi connectivity index (χ2n) is 4.88. The summed E-state index contributed by atoms with van der Waals surface area (Å²) in [7, 11) is 0. The number of nitrogens with two attached hydrogens (primary N) is 1. The number of nitrogen functional groups attached to an aromatic ring is 1. The molecule has 1 aromatic heterocycles. The summed E-state index contributed by atoms with van der Waals surface area (Å²) in [6.07, 6.45) is 5.53. The SMILES string of the molecule is Nc1ccc(CCc2nnc3n2CCCC3)cc1. The van der Waals surface area contributed by atoms with Crippen LogP contribution >= 0.6 is 0 Å².